The van der Waals surface area contributed by atoms with Crippen molar-refractivity contribution in [3.8, 4) is 23.3 Å². The van der Waals surface area contributed by atoms with Gasteiger partial charge in [-0.15, -0.1) is 18.3 Å². The van der Waals surface area contributed by atoms with Gasteiger partial charge in [-0.3, -0.25) is 4.79 Å². The number of aliphatic hydroxyl groups excluding tert-OH is 3. The summed E-state index contributed by atoms with van der Waals surface area (Å²) in [6.45, 7) is 4.65. The Kier molecular flexibility index (Phi) is 17.5. The van der Waals surface area contributed by atoms with Crippen molar-refractivity contribution < 1.29 is 43.9 Å². The second kappa shape index (κ2) is 23.8. The van der Waals surface area contributed by atoms with Gasteiger partial charge in [-0.2, -0.15) is 5.26 Å². The molecular weight excluding hydrogens is 855 g/mol. The summed E-state index contributed by atoms with van der Waals surface area (Å²) in [5.74, 6) is -0.649. The summed E-state index contributed by atoms with van der Waals surface area (Å²) in [5.41, 5.74) is 4.24. The Labute approximate surface area is 392 Å². The van der Waals surface area contributed by atoms with Gasteiger partial charge in [-0.25, -0.2) is 0 Å². The molecule has 4 aromatic carbocycles. The first-order valence-electron chi connectivity index (χ1n) is 22.9. The molecule has 1 heterocycles. The summed E-state index contributed by atoms with van der Waals surface area (Å²) >= 11 is 1.66. The predicted molar refractivity (Wildman–Crippen MR) is 255 cm³/mol. The van der Waals surface area contributed by atoms with Crippen molar-refractivity contribution in [2.75, 3.05) is 52.4 Å². The molecule has 6 atom stereocenters. The second-order valence-corrected chi connectivity index (χ2v) is 17.7. The molecule has 13 heteroatoms. The molecule has 0 unspecified atom stereocenters. The fourth-order valence-electron chi connectivity index (χ4n) is 9.83. The number of oxime groups is 1. The van der Waals surface area contributed by atoms with Crippen LogP contribution in [0, 0.1) is 29.1 Å². The average molecular weight is 916 g/mol. The summed E-state index contributed by atoms with van der Waals surface area (Å²) in [7, 11) is 0. The number of thioether (sulfide) groups is 1. The minimum Gasteiger partial charge on any atom is -0.459 e. The summed E-state index contributed by atoms with van der Waals surface area (Å²) in [4.78, 5) is 24.3. The van der Waals surface area contributed by atoms with Crippen molar-refractivity contribution in [1.29, 1.82) is 5.26 Å². The number of benzene rings is 4. The summed E-state index contributed by atoms with van der Waals surface area (Å²) < 4.78 is 27.0. The molecule has 1 amide bonds. The SMILES string of the molecule is C=CCO[C@@]12Oc3ccc(Oc4ccc(SC)cc4)cc3[C@H]3[C@H](CCCCO)[C@@H](CCCCO)C=C(C(=NOCc4ccccc4)C[C@@H]1N(CCOCCO)C(=O)c1ccc(C#N)cc1)[C@H]32. The molecule has 3 aliphatic rings. The highest BCUT2D eigenvalue weighted by atomic mass is 32.2. The van der Waals surface area contributed by atoms with Gasteiger partial charge in [-0.05, 0) is 122 Å². The quantitative estimate of drug-likeness (QED) is 0.0266. The van der Waals surface area contributed by atoms with E-state index in [-0.39, 0.29) is 82.9 Å². The number of ether oxygens (including phenoxy) is 4. The number of aliphatic hydroxyl groups is 3. The molecule has 2 aliphatic carbocycles. The van der Waals surface area contributed by atoms with Gasteiger partial charge in [0.2, 0.25) is 5.79 Å². The zero-order chi connectivity index (χ0) is 46.3. The van der Waals surface area contributed by atoms with Crippen LogP contribution in [0.1, 0.15) is 77.9 Å². The molecule has 0 aromatic heterocycles. The maximum Gasteiger partial charge on any atom is 0.254 e. The summed E-state index contributed by atoms with van der Waals surface area (Å²) in [6.07, 6.45) is 10.7. The minimum atomic E-state index is -1.50. The lowest BCUT2D eigenvalue weighted by Gasteiger charge is -2.60. The molecule has 0 saturated heterocycles. The molecule has 3 N–H and O–H groups in total. The van der Waals surface area contributed by atoms with Gasteiger partial charge in [0.1, 0.15) is 29.9 Å². The molecule has 66 heavy (non-hydrogen) atoms. The van der Waals surface area contributed by atoms with E-state index in [1.54, 1.807) is 47.0 Å². The Morgan fingerprint density at radius 1 is 0.939 bits per heavy atom. The lowest BCUT2D eigenvalue weighted by atomic mass is 9.55. The van der Waals surface area contributed by atoms with Crippen LogP contribution in [0.2, 0.25) is 0 Å². The maximum absolute atomic E-state index is 15.2. The zero-order valence-electron chi connectivity index (χ0n) is 37.6. The van der Waals surface area contributed by atoms with Crippen molar-refractivity contribution in [2.24, 2.45) is 22.9 Å². The van der Waals surface area contributed by atoms with Crippen LogP contribution in [-0.4, -0.2) is 96.1 Å². The lowest BCUT2D eigenvalue weighted by molar-refractivity contribution is -0.254. The number of rotatable bonds is 24. The Balaban J connectivity index is 1.45. The van der Waals surface area contributed by atoms with Crippen molar-refractivity contribution in [3.05, 3.63) is 144 Å². The average Bonchev–Trinajstić information content (AvgIpc) is 3.35. The van der Waals surface area contributed by atoms with Gasteiger partial charge >= 0.3 is 0 Å². The molecule has 0 bridgehead atoms. The van der Waals surface area contributed by atoms with Gasteiger partial charge < -0.3 is 44.0 Å². The highest BCUT2D eigenvalue weighted by Crippen LogP contribution is 2.62. The number of unbranched alkanes of at least 4 members (excludes halogenated alkanes) is 2. The normalized spacial score (nSPS) is 22.3. The number of amides is 1. The van der Waals surface area contributed by atoms with E-state index < -0.39 is 17.7 Å². The summed E-state index contributed by atoms with van der Waals surface area (Å²) in [6, 6.07) is 31.6. The topological polar surface area (TPSA) is 163 Å². The maximum atomic E-state index is 15.2. The molecule has 348 valence electrons. The fourth-order valence-corrected chi connectivity index (χ4v) is 10.2. The van der Waals surface area contributed by atoms with Crippen LogP contribution in [0.4, 0.5) is 0 Å². The number of nitrogens with zero attached hydrogens (tertiary/aromatic N) is 3. The van der Waals surface area contributed by atoms with Crippen molar-refractivity contribution in [3.63, 3.8) is 0 Å². The number of allylic oxidation sites excluding steroid dienone is 1. The third kappa shape index (κ3) is 11.2. The predicted octanol–water partition coefficient (Wildman–Crippen LogP) is 9.06. The van der Waals surface area contributed by atoms with Crippen LogP contribution in [0.5, 0.6) is 17.2 Å². The van der Waals surface area contributed by atoms with Crippen molar-refractivity contribution in [1.82, 2.24) is 4.90 Å². The molecule has 1 aliphatic heterocycles. The van der Waals surface area contributed by atoms with Crippen molar-refractivity contribution >= 4 is 23.4 Å². The minimum absolute atomic E-state index is 0.00950. The lowest BCUT2D eigenvalue weighted by Crippen LogP contribution is -2.70. The third-order valence-corrected chi connectivity index (χ3v) is 13.5. The largest absolute Gasteiger partial charge is 0.459 e. The number of nitriles is 1. The van der Waals surface area contributed by atoms with E-state index in [9.17, 15) is 20.6 Å². The fraction of sp³-hybridized carbons (Fsp3) is 0.415. The molecule has 1 saturated carbocycles. The molecule has 7 rings (SSSR count). The van der Waals surface area contributed by atoms with Gasteiger partial charge in [0.05, 0.1) is 49.7 Å². The summed E-state index contributed by atoms with van der Waals surface area (Å²) in [5, 5.41) is 44.2. The number of carbonyl (C=O) groups is 1. The Bertz CT molecular complexity index is 2320. The standard InChI is InChI=1S/C53H61N3O9S/c1-3-29-62-53-49(56(25-30-61-31-28-59)52(60)39-17-15-37(35-54)16-18-39)34-47(55-63-36-38-11-5-4-6-12-38)45-32-40(13-7-9-26-57)44(14-8-10-27-58)50(51(45)53)46-33-42(21-24-48(46)65-53)64-41-19-22-43(66-2)23-20-41/h3-6,11-12,15-24,32-33,40,44,49-51,57-59H,1,7-10,13-14,25-31,34,36H2,2H3/t40-,44+,49-,50+,51+,53+/m0/s1. The zero-order valence-corrected chi connectivity index (χ0v) is 38.5. The number of hydrogen-bond donors (Lipinski definition) is 3. The monoisotopic (exact) mass is 915 g/mol. The van der Waals surface area contributed by atoms with Crippen LogP contribution < -0.4 is 9.47 Å². The number of hydrogen-bond acceptors (Lipinski definition) is 12. The molecule has 4 aromatic rings. The van der Waals surface area contributed by atoms with E-state index in [4.69, 9.17) is 28.9 Å². The van der Waals surface area contributed by atoms with Gasteiger partial charge in [0, 0.05) is 48.1 Å². The number of fused-ring (bicyclic) bond motifs is 2. The van der Waals surface area contributed by atoms with Crippen molar-refractivity contribution in [2.45, 2.75) is 74.2 Å². The van der Waals surface area contributed by atoms with Crippen LogP contribution >= 0.6 is 11.8 Å². The Hall–Kier alpha value is -5.46. The van der Waals surface area contributed by atoms with E-state index in [0.29, 0.717) is 46.9 Å². The van der Waals surface area contributed by atoms with Gasteiger partial charge in [0.25, 0.3) is 5.91 Å². The van der Waals surface area contributed by atoms with Crippen LogP contribution in [-0.2, 0) is 20.9 Å². The van der Waals surface area contributed by atoms with E-state index in [1.165, 1.54) is 0 Å². The number of carbonyl (C=O) groups excluding carboxylic acids is 1. The smallest absolute Gasteiger partial charge is 0.254 e. The van der Waals surface area contributed by atoms with Crippen LogP contribution in [0.3, 0.4) is 0 Å². The molecule has 0 spiro atoms. The first kappa shape index (κ1) is 48.5. The highest BCUT2D eigenvalue weighted by molar-refractivity contribution is 7.98. The third-order valence-electron chi connectivity index (χ3n) is 12.8. The highest BCUT2D eigenvalue weighted by Gasteiger charge is 2.65. The van der Waals surface area contributed by atoms with Crippen LogP contribution in [0.15, 0.2) is 131 Å². The van der Waals surface area contributed by atoms with E-state index >= 15 is 4.79 Å². The first-order chi connectivity index (χ1) is 32.4. The molecule has 1 fully saturated rings. The van der Waals surface area contributed by atoms with E-state index in [1.807, 2.05) is 73.0 Å². The first-order valence-corrected chi connectivity index (χ1v) is 24.2. The van der Waals surface area contributed by atoms with E-state index in [2.05, 4.69) is 24.8 Å². The van der Waals surface area contributed by atoms with Gasteiger partial charge in [-0.1, -0.05) is 60.5 Å². The second-order valence-electron chi connectivity index (χ2n) is 16.8. The molecule has 0 radical (unpaired) electrons. The van der Waals surface area contributed by atoms with Crippen LogP contribution in [0.25, 0.3) is 0 Å². The molecular formula is C53H61N3O9S. The van der Waals surface area contributed by atoms with E-state index in [0.717, 1.165) is 47.3 Å². The Morgan fingerprint density at radius 3 is 2.38 bits per heavy atom. The molecule has 12 nitrogen and oxygen atoms in total. The van der Waals surface area contributed by atoms with Gasteiger partial charge in [0.15, 0.2) is 0 Å². The Morgan fingerprint density at radius 2 is 1.68 bits per heavy atom.